The van der Waals surface area contributed by atoms with Gasteiger partial charge in [-0.25, -0.2) is 9.35 Å². The van der Waals surface area contributed by atoms with Gasteiger partial charge in [-0.3, -0.25) is 0 Å². The molecule has 6 heteroatoms. The smallest absolute Gasteiger partial charge is 0.139 e. The van der Waals surface area contributed by atoms with Gasteiger partial charge in [0.15, 0.2) is 0 Å². The van der Waals surface area contributed by atoms with Crippen LogP contribution in [0.5, 0.6) is 0 Å². The van der Waals surface area contributed by atoms with E-state index in [0.29, 0.717) is 10.6 Å². The summed E-state index contributed by atoms with van der Waals surface area (Å²) in [4.78, 5) is 3.61. The molecule has 0 aliphatic heterocycles. The Balaban J connectivity index is 1.96. The maximum Gasteiger partial charge on any atom is 0.139 e. The van der Waals surface area contributed by atoms with Crippen LogP contribution in [0.15, 0.2) is 64.0 Å². The van der Waals surface area contributed by atoms with E-state index in [2.05, 4.69) is 16.3 Å². The number of hydrogen-bond acceptors (Lipinski definition) is 3. The maximum atomic E-state index is 12.9. The average Bonchev–Trinajstić information content (AvgIpc) is 2.98. The Labute approximate surface area is 142 Å². The third-order valence-corrected chi connectivity index (χ3v) is 5.46. The van der Waals surface area contributed by atoms with E-state index in [1.54, 1.807) is 18.3 Å². The Hall–Kier alpha value is -2.15. The molecule has 126 valence electrons. The third kappa shape index (κ3) is 3.36. The van der Waals surface area contributed by atoms with E-state index in [1.807, 2.05) is 36.4 Å². The van der Waals surface area contributed by atoms with Crippen molar-refractivity contribution in [3.8, 4) is 0 Å². The molecule has 1 heterocycles. The van der Waals surface area contributed by atoms with Gasteiger partial charge in [-0.15, -0.1) is 0 Å². The number of benzene rings is 2. The Kier molecular flexibility index (Phi) is 4.71. The third-order valence-electron chi connectivity index (χ3n) is 4.05. The lowest BCUT2D eigenvalue weighted by Gasteiger charge is -2.11. The lowest BCUT2D eigenvalue weighted by atomic mass is 10.0. The number of aromatic amines is 1. The first-order valence-corrected chi connectivity index (χ1v) is 9.55. The average molecular weight is 342 g/mol. The minimum Gasteiger partial charge on any atom is -0.359 e. The molecule has 0 fully saturated rings. The highest BCUT2D eigenvalue weighted by molar-refractivity contribution is 7.91. The topological polar surface area (TPSA) is 97.3 Å². The van der Waals surface area contributed by atoms with E-state index in [9.17, 15) is 4.21 Å². The first-order valence-electron chi connectivity index (χ1n) is 7.98. The Morgan fingerprint density at radius 1 is 1.17 bits per heavy atom. The number of aromatic nitrogens is 1. The molecule has 0 radical (unpaired) electrons. The molecule has 1 aromatic heterocycles. The second-order valence-electron chi connectivity index (χ2n) is 5.84. The van der Waals surface area contributed by atoms with Crippen molar-refractivity contribution >= 4 is 26.5 Å². The van der Waals surface area contributed by atoms with E-state index < -0.39 is 9.92 Å². The van der Waals surface area contributed by atoms with Gasteiger partial charge in [-0.1, -0.05) is 43.7 Å². The standard InChI is InChI=1S/C18H22N4OS/c1-2-5-16(19)13-8-10-14(11-9-13)24(20,23)22-18-12-21-17-7-4-3-6-15(17)18/h3-4,6-12,16,21H,2,5,19H2,1H3,(H2,20,22,23). The van der Waals surface area contributed by atoms with Crippen molar-refractivity contribution < 1.29 is 4.21 Å². The predicted molar refractivity (Wildman–Crippen MR) is 99.3 cm³/mol. The highest BCUT2D eigenvalue weighted by atomic mass is 32.2. The highest BCUT2D eigenvalue weighted by Crippen LogP contribution is 2.28. The summed E-state index contributed by atoms with van der Waals surface area (Å²) in [6.45, 7) is 2.10. The van der Waals surface area contributed by atoms with E-state index >= 15 is 0 Å². The summed E-state index contributed by atoms with van der Waals surface area (Å²) in [5, 5.41) is 6.92. The van der Waals surface area contributed by atoms with Gasteiger partial charge in [0.2, 0.25) is 0 Å². The van der Waals surface area contributed by atoms with E-state index in [-0.39, 0.29) is 6.04 Å². The molecule has 0 aliphatic rings. The van der Waals surface area contributed by atoms with E-state index in [0.717, 1.165) is 29.3 Å². The zero-order valence-corrected chi connectivity index (χ0v) is 14.4. The quantitative estimate of drug-likeness (QED) is 0.653. The molecule has 0 amide bonds. The van der Waals surface area contributed by atoms with Crippen LogP contribution in [0.2, 0.25) is 0 Å². The van der Waals surface area contributed by atoms with Gasteiger partial charge in [0.25, 0.3) is 0 Å². The lowest BCUT2D eigenvalue weighted by Crippen LogP contribution is -2.13. The molecule has 0 bridgehead atoms. The number of hydrogen-bond donors (Lipinski definition) is 3. The maximum absolute atomic E-state index is 12.9. The fourth-order valence-electron chi connectivity index (χ4n) is 2.72. The van der Waals surface area contributed by atoms with E-state index in [4.69, 9.17) is 10.9 Å². The van der Waals surface area contributed by atoms with Crippen LogP contribution in [-0.4, -0.2) is 9.19 Å². The number of nitrogens with zero attached hydrogens (tertiary/aromatic N) is 1. The highest BCUT2D eigenvalue weighted by Gasteiger charge is 2.11. The van der Waals surface area contributed by atoms with Crippen molar-refractivity contribution in [3.05, 3.63) is 60.3 Å². The molecule has 0 aliphatic carbocycles. The number of H-pyrrole nitrogens is 1. The number of para-hydroxylation sites is 1. The molecule has 24 heavy (non-hydrogen) atoms. The summed E-state index contributed by atoms with van der Waals surface area (Å²) in [7, 11) is -3.02. The van der Waals surface area contributed by atoms with Crippen LogP contribution in [0, 0.1) is 0 Å². The first-order chi connectivity index (χ1) is 11.5. The van der Waals surface area contributed by atoms with Gasteiger partial charge in [0.1, 0.15) is 9.92 Å². The monoisotopic (exact) mass is 342 g/mol. The zero-order valence-electron chi connectivity index (χ0n) is 13.6. The van der Waals surface area contributed by atoms with Crippen LogP contribution in [-0.2, 0) is 9.92 Å². The molecule has 0 saturated carbocycles. The molecule has 3 aromatic rings. The Morgan fingerprint density at radius 3 is 2.58 bits per heavy atom. The number of rotatable bonds is 5. The van der Waals surface area contributed by atoms with Gasteiger partial charge in [-0.05, 0) is 30.2 Å². The molecule has 3 rings (SSSR count). The van der Waals surface area contributed by atoms with Crippen LogP contribution in [0.4, 0.5) is 5.69 Å². The summed E-state index contributed by atoms with van der Waals surface area (Å²) in [5.74, 6) is 0. The molecular formula is C18H22N4OS. The summed E-state index contributed by atoms with van der Waals surface area (Å²) < 4.78 is 17.2. The number of nitrogens with one attached hydrogen (secondary N) is 1. The molecule has 5 nitrogen and oxygen atoms in total. The van der Waals surface area contributed by atoms with Crippen molar-refractivity contribution in [2.45, 2.75) is 30.7 Å². The fourth-order valence-corrected chi connectivity index (χ4v) is 3.79. The van der Waals surface area contributed by atoms with Crippen LogP contribution in [0.3, 0.4) is 0 Å². The Morgan fingerprint density at radius 2 is 1.88 bits per heavy atom. The van der Waals surface area contributed by atoms with Crippen molar-refractivity contribution in [1.29, 1.82) is 0 Å². The molecule has 0 spiro atoms. The van der Waals surface area contributed by atoms with Crippen molar-refractivity contribution in [2.75, 3.05) is 0 Å². The second kappa shape index (κ2) is 6.76. The number of nitrogens with two attached hydrogens (primary N) is 2. The Bertz CT molecular complexity index is 953. The van der Waals surface area contributed by atoms with Gasteiger partial charge in [0, 0.05) is 23.1 Å². The van der Waals surface area contributed by atoms with E-state index in [1.165, 1.54) is 0 Å². The molecule has 2 aromatic carbocycles. The number of fused-ring (bicyclic) bond motifs is 1. The lowest BCUT2D eigenvalue weighted by molar-refractivity contribution is 0.637. The van der Waals surface area contributed by atoms with Gasteiger partial charge in [0.05, 0.1) is 10.6 Å². The molecule has 0 saturated heterocycles. The van der Waals surface area contributed by atoms with Gasteiger partial charge >= 0.3 is 0 Å². The van der Waals surface area contributed by atoms with Gasteiger partial charge < -0.3 is 10.7 Å². The summed E-state index contributed by atoms with van der Waals surface area (Å²) >= 11 is 0. The first kappa shape index (κ1) is 16.7. The van der Waals surface area contributed by atoms with Crippen molar-refractivity contribution in [1.82, 2.24) is 4.98 Å². The minimum absolute atomic E-state index is 0.0107. The molecular weight excluding hydrogens is 320 g/mol. The summed E-state index contributed by atoms with van der Waals surface area (Å²) in [5.41, 5.74) is 8.66. The van der Waals surface area contributed by atoms with Crippen molar-refractivity contribution in [2.24, 2.45) is 15.2 Å². The minimum atomic E-state index is -3.02. The van der Waals surface area contributed by atoms with Crippen LogP contribution in [0.1, 0.15) is 31.4 Å². The fraction of sp³-hybridized carbons (Fsp3) is 0.222. The van der Waals surface area contributed by atoms with Gasteiger partial charge in [-0.2, -0.15) is 4.36 Å². The summed E-state index contributed by atoms with van der Waals surface area (Å²) in [6, 6.07) is 15.0. The van der Waals surface area contributed by atoms with Crippen LogP contribution < -0.4 is 10.9 Å². The van der Waals surface area contributed by atoms with Crippen LogP contribution >= 0.6 is 0 Å². The van der Waals surface area contributed by atoms with Crippen molar-refractivity contribution in [3.63, 3.8) is 0 Å². The summed E-state index contributed by atoms with van der Waals surface area (Å²) in [6.07, 6.45) is 3.66. The second-order valence-corrected chi connectivity index (χ2v) is 7.63. The predicted octanol–water partition coefficient (Wildman–Crippen LogP) is 4.00. The molecule has 2 unspecified atom stereocenters. The molecule has 5 N–H and O–H groups in total. The largest absolute Gasteiger partial charge is 0.359 e. The SMILES string of the molecule is CCCC(N)c1ccc(S(N)(=O)=Nc2c[nH]c3ccccc23)cc1. The zero-order chi connectivity index (χ0) is 17.2. The normalized spacial score (nSPS) is 15.1. The van der Waals surface area contributed by atoms with Crippen LogP contribution in [0.25, 0.3) is 10.9 Å². The molecule has 2 atom stereocenters.